The van der Waals surface area contributed by atoms with E-state index in [9.17, 15) is 4.79 Å². The Bertz CT molecular complexity index is 492. The number of hydrogen-bond donors (Lipinski definition) is 2. The topological polar surface area (TPSA) is 64.3 Å². The summed E-state index contributed by atoms with van der Waals surface area (Å²) in [4.78, 5) is 12.4. The van der Waals surface area contributed by atoms with Crippen LogP contribution in [0.1, 0.15) is 42.5 Å². The highest BCUT2D eigenvalue weighted by Crippen LogP contribution is 2.39. The van der Waals surface area contributed by atoms with Gasteiger partial charge in [-0.25, -0.2) is 0 Å². The summed E-state index contributed by atoms with van der Waals surface area (Å²) >= 11 is 0. The van der Waals surface area contributed by atoms with Gasteiger partial charge >= 0.3 is 0 Å². The van der Waals surface area contributed by atoms with E-state index in [-0.39, 0.29) is 18.3 Å². The number of carbonyl (C=O) groups excluding carboxylic acids is 1. The first-order chi connectivity index (χ1) is 10.2. The number of benzene rings is 1. The molecule has 3 rings (SSSR count). The first-order valence-electron chi connectivity index (χ1n) is 7.88. The van der Waals surface area contributed by atoms with Gasteiger partial charge in [0, 0.05) is 17.6 Å². The van der Waals surface area contributed by atoms with Gasteiger partial charge in [0.15, 0.2) is 0 Å². The second kappa shape index (κ2) is 7.34. The van der Waals surface area contributed by atoms with E-state index in [1.807, 2.05) is 24.3 Å². The summed E-state index contributed by atoms with van der Waals surface area (Å²) in [7, 11) is 1.63. The molecule has 4 nitrogen and oxygen atoms in total. The number of hydrogen-bond acceptors (Lipinski definition) is 3. The molecule has 22 heavy (non-hydrogen) atoms. The Morgan fingerprint density at radius 2 is 1.77 bits per heavy atom. The molecule has 2 fully saturated rings. The van der Waals surface area contributed by atoms with Crippen LogP contribution in [0.3, 0.4) is 0 Å². The van der Waals surface area contributed by atoms with Crippen molar-refractivity contribution in [2.24, 2.45) is 17.6 Å². The molecule has 2 atom stereocenters. The quantitative estimate of drug-likeness (QED) is 0.898. The first kappa shape index (κ1) is 17.1. The van der Waals surface area contributed by atoms with Crippen LogP contribution in [0.25, 0.3) is 0 Å². The highest BCUT2D eigenvalue weighted by atomic mass is 35.5. The average molecular weight is 325 g/mol. The van der Waals surface area contributed by atoms with E-state index in [2.05, 4.69) is 5.32 Å². The Labute approximate surface area is 138 Å². The summed E-state index contributed by atoms with van der Waals surface area (Å²) in [5, 5.41) is 3.26. The van der Waals surface area contributed by atoms with E-state index < -0.39 is 0 Å². The number of carbonyl (C=O) groups is 1. The number of fused-ring (bicyclic) bond motifs is 2. The van der Waals surface area contributed by atoms with E-state index in [0.717, 1.165) is 18.6 Å². The molecular weight excluding hydrogens is 300 g/mol. The third kappa shape index (κ3) is 3.55. The summed E-state index contributed by atoms with van der Waals surface area (Å²) in [6, 6.07) is 7.90. The predicted molar refractivity (Wildman–Crippen MR) is 89.5 cm³/mol. The van der Waals surface area contributed by atoms with E-state index in [1.54, 1.807) is 7.11 Å². The van der Waals surface area contributed by atoms with Gasteiger partial charge in [-0.2, -0.15) is 0 Å². The van der Waals surface area contributed by atoms with Crippen molar-refractivity contribution in [2.75, 3.05) is 7.11 Å². The highest BCUT2D eigenvalue weighted by Gasteiger charge is 2.39. The van der Waals surface area contributed by atoms with Crippen molar-refractivity contribution >= 4 is 18.3 Å². The average Bonchev–Trinajstić information content (AvgIpc) is 2.48. The normalized spacial score (nSPS) is 30.1. The molecule has 0 saturated heterocycles. The third-order valence-corrected chi connectivity index (χ3v) is 5.03. The monoisotopic (exact) mass is 324 g/mol. The maximum Gasteiger partial charge on any atom is 0.251 e. The number of nitrogens with one attached hydrogen (secondary N) is 1. The van der Waals surface area contributed by atoms with Crippen molar-refractivity contribution in [3.63, 3.8) is 0 Å². The molecule has 1 aromatic rings. The number of nitrogens with two attached hydrogens (primary N) is 1. The summed E-state index contributed by atoms with van der Waals surface area (Å²) < 4.78 is 5.13. The van der Waals surface area contributed by atoms with Crippen molar-refractivity contribution in [1.82, 2.24) is 5.32 Å². The molecule has 0 aliphatic heterocycles. The highest BCUT2D eigenvalue weighted by molar-refractivity contribution is 5.94. The second-order valence-corrected chi connectivity index (χ2v) is 6.41. The third-order valence-electron chi connectivity index (χ3n) is 5.03. The van der Waals surface area contributed by atoms with E-state index in [4.69, 9.17) is 10.5 Å². The molecule has 0 spiro atoms. The van der Waals surface area contributed by atoms with Crippen LogP contribution in [0.2, 0.25) is 0 Å². The maximum absolute atomic E-state index is 12.4. The van der Waals surface area contributed by atoms with Gasteiger partial charge in [0.2, 0.25) is 0 Å². The summed E-state index contributed by atoms with van der Waals surface area (Å²) in [6.45, 7) is 0. The van der Waals surface area contributed by atoms with Crippen molar-refractivity contribution in [2.45, 2.75) is 44.2 Å². The molecule has 0 radical (unpaired) electrons. The number of rotatable bonds is 3. The number of ether oxygens (including phenoxy) is 1. The minimum absolute atomic E-state index is 0. The molecule has 122 valence electrons. The summed E-state index contributed by atoms with van der Waals surface area (Å²) in [5.41, 5.74) is 6.83. The molecule has 0 heterocycles. The zero-order valence-corrected chi connectivity index (χ0v) is 13.8. The van der Waals surface area contributed by atoms with Crippen LogP contribution in [-0.2, 0) is 0 Å². The van der Waals surface area contributed by atoms with Gasteiger partial charge in [-0.05, 0) is 61.8 Å². The summed E-state index contributed by atoms with van der Waals surface area (Å²) in [6.07, 6.45) is 5.75. The number of amides is 1. The molecule has 2 aliphatic rings. The Hall–Kier alpha value is -1.26. The van der Waals surface area contributed by atoms with Crippen LogP contribution in [-0.4, -0.2) is 25.1 Å². The van der Waals surface area contributed by atoms with Gasteiger partial charge in [0.25, 0.3) is 5.91 Å². The van der Waals surface area contributed by atoms with Crippen molar-refractivity contribution in [1.29, 1.82) is 0 Å². The van der Waals surface area contributed by atoms with Crippen LogP contribution in [0, 0.1) is 11.8 Å². The van der Waals surface area contributed by atoms with E-state index >= 15 is 0 Å². The molecule has 2 saturated carbocycles. The van der Waals surface area contributed by atoms with E-state index in [0.29, 0.717) is 29.5 Å². The lowest BCUT2D eigenvalue weighted by molar-refractivity contribution is 0.0756. The van der Waals surface area contributed by atoms with Gasteiger partial charge in [0.05, 0.1) is 7.11 Å². The van der Waals surface area contributed by atoms with Crippen molar-refractivity contribution in [3.8, 4) is 5.75 Å². The van der Waals surface area contributed by atoms with Crippen LogP contribution in [0.5, 0.6) is 5.75 Å². The number of halogens is 1. The summed E-state index contributed by atoms with van der Waals surface area (Å²) in [5.74, 6) is 1.89. The van der Waals surface area contributed by atoms with Crippen LogP contribution < -0.4 is 15.8 Å². The predicted octanol–water partition coefficient (Wildman–Crippen LogP) is 2.75. The first-order valence-corrected chi connectivity index (χ1v) is 7.88. The minimum atomic E-state index is 0. The fraction of sp³-hybridized carbons (Fsp3) is 0.588. The molecule has 1 aromatic carbocycles. The van der Waals surface area contributed by atoms with Crippen LogP contribution in [0.15, 0.2) is 24.3 Å². The molecule has 2 unspecified atom stereocenters. The van der Waals surface area contributed by atoms with Crippen molar-refractivity contribution < 1.29 is 9.53 Å². The molecule has 5 heteroatoms. The lowest BCUT2D eigenvalue weighted by atomic mass is 9.67. The maximum atomic E-state index is 12.4. The van der Waals surface area contributed by atoms with Gasteiger partial charge in [-0.3, -0.25) is 4.79 Å². The SMILES string of the molecule is COc1ccc(C(=O)NC2C3CCCC2CC(N)C3)cc1.Cl. The minimum Gasteiger partial charge on any atom is -0.497 e. The second-order valence-electron chi connectivity index (χ2n) is 6.41. The van der Waals surface area contributed by atoms with Crippen molar-refractivity contribution in [3.05, 3.63) is 29.8 Å². The zero-order chi connectivity index (χ0) is 14.8. The zero-order valence-electron chi connectivity index (χ0n) is 13.0. The Morgan fingerprint density at radius 3 is 2.32 bits per heavy atom. The van der Waals surface area contributed by atoms with Crippen LogP contribution in [0.4, 0.5) is 0 Å². The Kier molecular flexibility index (Phi) is 5.70. The Balaban J connectivity index is 0.00000176. The lowest BCUT2D eigenvalue weighted by Crippen LogP contribution is -2.53. The molecule has 0 aromatic heterocycles. The Morgan fingerprint density at radius 1 is 1.18 bits per heavy atom. The lowest BCUT2D eigenvalue weighted by Gasteiger charge is -2.45. The molecule has 2 aliphatic carbocycles. The molecule has 2 bridgehead atoms. The van der Waals surface area contributed by atoms with Gasteiger partial charge < -0.3 is 15.8 Å². The molecule has 3 N–H and O–H groups in total. The smallest absolute Gasteiger partial charge is 0.251 e. The standard InChI is InChI=1S/C17H24N2O2.ClH/c1-21-15-7-5-11(6-8-15)17(20)19-16-12-3-2-4-13(16)10-14(18)9-12;/h5-8,12-14,16H,2-4,9-10,18H2,1H3,(H,19,20);1H. The largest absolute Gasteiger partial charge is 0.497 e. The molecular formula is C17H25ClN2O2. The van der Waals surface area contributed by atoms with Crippen LogP contribution >= 0.6 is 12.4 Å². The van der Waals surface area contributed by atoms with Gasteiger partial charge in [-0.1, -0.05) is 6.42 Å². The molecule has 1 amide bonds. The van der Waals surface area contributed by atoms with Gasteiger partial charge in [-0.15, -0.1) is 12.4 Å². The fourth-order valence-corrected chi connectivity index (χ4v) is 4.00. The fourth-order valence-electron chi connectivity index (χ4n) is 4.00. The van der Waals surface area contributed by atoms with E-state index in [1.165, 1.54) is 19.3 Å². The van der Waals surface area contributed by atoms with Gasteiger partial charge in [0.1, 0.15) is 5.75 Å². The number of methoxy groups -OCH3 is 1.